The number of hydrogen-bond donors (Lipinski definition) is 6. The smallest absolute Gasteiger partial charge is 0.368 e. The number of unbranched alkanes of at least 4 members (excludes halogenated alkanes) is 1. The molecule has 1 rings (SSSR count). The van der Waals surface area contributed by atoms with Crippen LogP contribution >= 0.6 is 15.2 Å². The zero-order valence-electron chi connectivity index (χ0n) is 9.75. The van der Waals surface area contributed by atoms with E-state index < -0.39 is 26.7 Å². The minimum absolute atomic E-state index is 0.00125. The second-order valence-corrected chi connectivity index (χ2v) is 7.99. The van der Waals surface area contributed by atoms with Crippen LogP contribution in [0.25, 0.3) is 0 Å². The molecule has 1 aromatic rings. The molecule has 1 heterocycles. The highest BCUT2D eigenvalue weighted by Crippen LogP contribution is 2.69. The Morgan fingerprint density at radius 1 is 1.16 bits per heavy atom. The quantitative estimate of drug-likeness (QED) is 0.286. The fourth-order valence-electron chi connectivity index (χ4n) is 1.46. The number of rotatable bonds is 7. The number of aromatic nitrogens is 3. The standard InChI is InChI=1S/C7H15N3O7P2/c11-7(18(12,13)14,19(15,16)17)4-2-1-3-6-8-5-9-10-6/h5,11H,1-4H2,(H,8,9,10)(H2,12,13,14)(H2,15,16,17). The van der Waals surface area contributed by atoms with Gasteiger partial charge in [-0.05, 0) is 19.3 Å². The van der Waals surface area contributed by atoms with Crippen LogP contribution in [0.4, 0.5) is 0 Å². The Labute approximate surface area is 108 Å². The van der Waals surface area contributed by atoms with Gasteiger partial charge < -0.3 is 24.7 Å². The van der Waals surface area contributed by atoms with Crippen LogP contribution in [0.3, 0.4) is 0 Å². The number of nitrogens with zero attached hydrogens (tertiary/aromatic N) is 2. The first-order chi connectivity index (χ1) is 8.58. The number of aryl methyl sites for hydroxylation is 1. The molecule has 0 unspecified atom stereocenters. The number of nitrogens with one attached hydrogen (secondary N) is 1. The average Bonchev–Trinajstić information content (AvgIpc) is 2.73. The van der Waals surface area contributed by atoms with Crippen LogP contribution in [0.2, 0.25) is 0 Å². The molecule has 0 saturated carbocycles. The van der Waals surface area contributed by atoms with Gasteiger partial charge >= 0.3 is 15.2 Å². The van der Waals surface area contributed by atoms with Crippen LogP contribution in [-0.4, -0.2) is 44.9 Å². The van der Waals surface area contributed by atoms with Gasteiger partial charge in [-0.3, -0.25) is 14.2 Å². The second-order valence-electron chi connectivity index (χ2n) is 3.98. The first-order valence-corrected chi connectivity index (χ1v) is 8.49. The Morgan fingerprint density at radius 3 is 2.16 bits per heavy atom. The summed E-state index contributed by atoms with van der Waals surface area (Å²) in [6.45, 7) is 0. The highest BCUT2D eigenvalue weighted by atomic mass is 31.2. The van der Waals surface area contributed by atoms with Crippen LogP contribution in [-0.2, 0) is 15.6 Å². The molecule has 0 bridgehead atoms. The highest BCUT2D eigenvalue weighted by molar-refractivity contribution is 7.72. The topological polar surface area (TPSA) is 177 Å². The first kappa shape index (κ1) is 16.5. The molecular weight excluding hydrogens is 300 g/mol. The molecule has 0 amide bonds. The lowest BCUT2D eigenvalue weighted by atomic mass is 10.2. The predicted octanol–water partition coefficient (Wildman–Crippen LogP) is -0.481. The van der Waals surface area contributed by atoms with Crippen molar-refractivity contribution in [3.63, 3.8) is 0 Å². The highest BCUT2D eigenvalue weighted by Gasteiger charge is 2.58. The van der Waals surface area contributed by atoms with Gasteiger partial charge in [-0.25, -0.2) is 4.98 Å². The van der Waals surface area contributed by atoms with Gasteiger partial charge in [0.2, 0.25) is 0 Å². The Morgan fingerprint density at radius 2 is 1.74 bits per heavy atom. The van der Waals surface area contributed by atoms with E-state index in [9.17, 15) is 14.2 Å². The summed E-state index contributed by atoms with van der Waals surface area (Å²) in [7, 11) is -10.7. The molecule has 1 aromatic heterocycles. The number of hydrogen-bond acceptors (Lipinski definition) is 5. The van der Waals surface area contributed by atoms with Crippen molar-refractivity contribution < 1.29 is 33.8 Å². The van der Waals surface area contributed by atoms with E-state index in [1.165, 1.54) is 6.33 Å². The summed E-state index contributed by atoms with van der Waals surface area (Å²) in [5, 5.41) is 12.5. The molecular formula is C7H15N3O7P2. The van der Waals surface area contributed by atoms with Crippen LogP contribution in [0.15, 0.2) is 6.33 Å². The predicted molar refractivity (Wildman–Crippen MR) is 63.0 cm³/mol. The van der Waals surface area contributed by atoms with E-state index >= 15 is 0 Å². The molecule has 0 radical (unpaired) electrons. The van der Waals surface area contributed by atoms with Crippen molar-refractivity contribution in [1.29, 1.82) is 0 Å². The zero-order chi connectivity index (χ0) is 14.7. The fourth-order valence-corrected chi connectivity index (χ4v) is 3.72. The van der Waals surface area contributed by atoms with E-state index in [1.807, 2.05) is 0 Å². The summed E-state index contributed by atoms with van der Waals surface area (Å²) in [5.41, 5.74) is 0. The summed E-state index contributed by atoms with van der Waals surface area (Å²) in [6.07, 6.45) is 1.33. The average molecular weight is 315 g/mol. The minimum atomic E-state index is -5.35. The monoisotopic (exact) mass is 315 g/mol. The van der Waals surface area contributed by atoms with Crippen molar-refractivity contribution >= 4 is 15.2 Å². The Hall–Kier alpha value is -0.600. The van der Waals surface area contributed by atoms with E-state index in [-0.39, 0.29) is 6.42 Å². The first-order valence-electron chi connectivity index (χ1n) is 5.26. The summed E-state index contributed by atoms with van der Waals surface area (Å²) in [5.74, 6) is 0.468. The van der Waals surface area contributed by atoms with Gasteiger partial charge in [0.1, 0.15) is 12.2 Å². The lowest BCUT2D eigenvalue weighted by Crippen LogP contribution is -2.28. The summed E-state index contributed by atoms with van der Waals surface area (Å²) < 4.78 is 22.1. The zero-order valence-corrected chi connectivity index (χ0v) is 11.5. The van der Waals surface area contributed by atoms with E-state index in [4.69, 9.17) is 19.6 Å². The van der Waals surface area contributed by atoms with Gasteiger partial charge in [0, 0.05) is 6.42 Å². The van der Waals surface area contributed by atoms with Crippen molar-refractivity contribution in [3.05, 3.63) is 12.2 Å². The van der Waals surface area contributed by atoms with Crippen LogP contribution in [0.1, 0.15) is 25.1 Å². The van der Waals surface area contributed by atoms with Gasteiger partial charge in [-0.2, -0.15) is 5.10 Å². The molecule has 0 aliphatic heterocycles. The third-order valence-electron chi connectivity index (χ3n) is 2.56. The maximum atomic E-state index is 11.0. The molecule has 0 fully saturated rings. The van der Waals surface area contributed by atoms with Crippen LogP contribution in [0.5, 0.6) is 0 Å². The molecule has 0 spiro atoms. The normalized spacial score (nSPS) is 13.7. The van der Waals surface area contributed by atoms with Crippen LogP contribution in [0, 0.1) is 0 Å². The van der Waals surface area contributed by atoms with E-state index in [0.717, 1.165) is 0 Å². The molecule has 110 valence electrons. The van der Waals surface area contributed by atoms with E-state index in [1.54, 1.807) is 0 Å². The SMILES string of the molecule is O=P(O)(O)C(O)(CCCCc1nc[nH]n1)P(=O)(O)O. The third kappa shape index (κ3) is 3.93. The molecule has 0 aliphatic rings. The third-order valence-corrected chi connectivity index (χ3v) is 6.44. The van der Waals surface area contributed by atoms with Crippen molar-refractivity contribution in [2.45, 2.75) is 30.8 Å². The second kappa shape index (κ2) is 5.80. The van der Waals surface area contributed by atoms with Crippen LogP contribution < -0.4 is 0 Å². The van der Waals surface area contributed by atoms with Gasteiger partial charge in [0.25, 0.3) is 5.08 Å². The molecule has 0 atom stereocenters. The van der Waals surface area contributed by atoms with Gasteiger partial charge in [-0.1, -0.05) is 0 Å². The maximum Gasteiger partial charge on any atom is 0.369 e. The lowest BCUT2D eigenvalue weighted by molar-refractivity contribution is 0.120. The molecule has 0 aliphatic carbocycles. The van der Waals surface area contributed by atoms with Crippen molar-refractivity contribution in [3.8, 4) is 0 Å². The Kier molecular flexibility index (Phi) is 5.02. The summed E-state index contributed by atoms with van der Waals surface area (Å²) >= 11 is 0. The minimum Gasteiger partial charge on any atom is -0.368 e. The van der Waals surface area contributed by atoms with Crippen molar-refractivity contribution in [2.24, 2.45) is 0 Å². The lowest BCUT2D eigenvalue weighted by Gasteiger charge is -2.29. The van der Waals surface area contributed by atoms with Gasteiger partial charge in [-0.15, -0.1) is 0 Å². The largest absolute Gasteiger partial charge is 0.369 e. The fraction of sp³-hybridized carbons (Fsp3) is 0.714. The number of aliphatic hydroxyl groups is 1. The molecule has 0 aromatic carbocycles. The van der Waals surface area contributed by atoms with Crippen molar-refractivity contribution in [2.75, 3.05) is 0 Å². The van der Waals surface area contributed by atoms with Gasteiger partial charge in [0.15, 0.2) is 0 Å². The molecule has 10 nitrogen and oxygen atoms in total. The Bertz CT molecular complexity index is 471. The maximum absolute atomic E-state index is 11.0. The molecule has 0 saturated heterocycles. The summed E-state index contributed by atoms with van der Waals surface area (Å²) in [6, 6.07) is 0. The molecule has 19 heavy (non-hydrogen) atoms. The van der Waals surface area contributed by atoms with E-state index in [0.29, 0.717) is 18.7 Å². The van der Waals surface area contributed by atoms with E-state index in [2.05, 4.69) is 15.2 Å². The Balaban J connectivity index is 2.61. The van der Waals surface area contributed by atoms with Gasteiger partial charge in [0.05, 0.1) is 0 Å². The molecule has 6 N–H and O–H groups in total. The molecule has 12 heteroatoms. The van der Waals surface area contributed by atoms with Crippen molar-refractivity contribution in [1.82, 2.24) is 15.2 Å². The number of H-pyrrole nitrogens is 1. The summed E-state index contributed by atoms with van der Waals surface area (Å²) in [4.78, 5) is 39.4. The number of aromatic amines is 1.